The number of ether oxygens (including phenoxy) is 2. The van der Waals surface area contributed by atoms with Gasteiger partial charge in [0.25, 0.3) is 0 Å². The van der Waals surface area contributed by atoms with Crippen molar-refractivity contribution in [2.75, 3.05) is 11.5 Å². The summed E-state index contributed by atoms with van der Waals surface area (Å²) >= 11 is 0. The van der Waals surface area contributed by atoms with Gasteiger partial charge >= 0.3 is 11.9 Å². The standard InChI is InChI=1S/C23H24N2O11/c26-9-17-18(28)19(29)20(30)23(36-17)35-16-7-11-6-14(22(33)34)25(13(11)8-15(16)27)4-2-10-1-3-24-12(5-10)21(31)32/h1-5,7-8,14,17-20,23,26-30H,6,9H2,(H,31,32)(H,33,34)/b4-2+/t14-,17+,18+,19-,20+,23+/m0/s1. The summed E-state index contributed by atoms with van der Waals surface area (Å²) in [7, 11) is 0. The summed E-state index contributed by atoms with van der Waals surface area (Å²) in [5.74, 6) is -2.95. The predicted molar refractivity (Wildman–Crippen MR) is 120 cm³/mol. The molecule has 0 spiro atoms. The van der Waals surface area contributed by atoms with Gasteiger partial charge in [0.15, 0.2) is 11.5 Å². The number of nitrogens with zero attached hydrogens (tertiary/aromatic N) is 2. The van der Waals surface area contributed by atoms with Gasteiger partial charge in [-0.05, 0) is 35.4 Å². The molecule has 0 bridgehead atoms. The van der Waals surface area contributed by atoms with E-state index in [1.54, 1.807) is 6.07 Å². The van der Waals surface area contributed by atoms with Gasteiger partial charge in [-0.1, -0.05) is 0 Å². The monoisotopic (exact) mass is 504 g/mol. The number of phenols is 1. The van der Waals surface area contributed by atoms with Gasteiger partial charge in [0, 0.05) is 30.6 Å². The SMILES string of the molecule is O=C(O)c1cc(/C=C/N2c3cc(O)c(O[C@@H]4O[C@H](CO)[C@@H](O)[C@H](O)[C@H]4O)cc3C[C@H]2C(=O)O)ccn1. The summed E-state index contributed by atoms with van der Waals surface area (Å²) in [4.78, 5) is 28.2. The van der Waals surface area contributed by atoms with Crippen LogP contribution in [0.3, 0.4) is 0 Å². The number of aliphatic carboxylic acids is 1. The number of pyridine rings is 1. The van der Waals surface area contributed by atoms with Crippen LogP contribution in [-0.2, 0) is 16.0 Å². The first-order chi connectivity index (χ1) is 17.1. The Labute approximate surface area is 203 Å². The normalized spacial score (nSPS) is 27.7. The Hall–Kier alpha value is -3.75. The van der Waals surface area contributed by atoms with Crippen molar-refractivity contribution in [1.29, 1.82) is 0 Å². The fraction of sp³-hybridized carbons (Fsp3) is 0.348. The first kappa shape index (κ1) is 25.3. The molecule has 1 saturated heterocycles. The summed E-state index contributed by atoms with van der Waals surface area (Å²) in [6.45, 7) is -0.659. The fourth-order valence-corrected chi connectivity index (χ4v) is 4.09. The third-order valence-corrected chi connectivity index (χ3v) is 5.99. The van der Waals surface area contributed by atoms with Crippen LogP contribution in [0, 0.1) is 0 Å². The maximum Gasteiger partial charge on any atom is 0.354 e. The van der Waals surface area contributed by atoms with Gasteiger partial charge in [0.2, 0.25) is 6.29 Å². The molecule has 1 aromatic carbocycles. The number of rotatable bonds is 7. The maximum atomic E-state index is 11.9. The lowest BCUT2D eigenvalue weighted by atomic mass is 9.99. The number of hydrogen-bond acceptors (Lipinski definition) is 11. The highest BCUT2D eigenvalue weighted by molar-refractivity contribution is 5.87. The van der Waals surface area contributed by atoms with E-state index in [4.69, 9.17) is 14.6 Å². The number of carbonyl (C=O) groups is 2. The molecule has 4 rings (SSSR count). The molecule has 0 radical (unpaired) electrons. The van der Waals surface area contributed by atoms with E-state index in [0.29, 0.717) is 16.8 Å². The number of aromatic carboxylic acids is 1. The molecule has 13 heteroatoms. The van der Waals surface area contributed by atoms with Crippen molar-refractivity contribution in [3.63, 3.8) is 0 Å². The van der Waals surface area contributed by atoms with E-state index in [1.807, 2.05) is 0 Å². The molecule has 1 fully saturated rings. The molecular weight excluding hydrogens is 480 g/mol. The largest absolute Gasteiger partial charge is 0.504 e. The molecular formula is C23H24N2O11. The Morgan fingerprint density at radius 2 is 1.89 bits per heavy atom. The Kier molecular flexibility index (Phi) is 7.10. The maximum absolute atomic E-state index is 11.9. The average molecular weight is 504 g/mol. The molecule has 0 saturated carbocycles. The lowest BCUT2D eigenvalue weighted by molar-refractivity contribution is -0.277. The molecule has 6 atom stereocenters. The van der Waals surface area contributed by atoms with E-state index in [-0.39, 0.29) is 17.9 Å². The van der Waals surface area contributed by atoms with Crippen LogP contribution in [0.5, 0.6) is 11.5 Å². The first-order valence-electron chi connectivity index (χ1n) is 10.8. The number of fused-ring (bicyclic) bond motifs is 1. The number of benzene rings is 1. The van der Waals surface area contributed by atoms with Gasteiger partial charge in [-0.15, -0.1) is 0 Å². The smallest absolute Gasteiger partial charge is 0.354 e. The highest BCUT2D eigenvalue weighted by Crippen LogP contribution is 2.41. The topological polar surface area (TPSA) is 210 Å². The van der Waals surface area contributed by atoms with Gasteiger partial charge in [0.1, 0.15) is 36.2 Å². The second-order valence-electron chi connectivity index (χ2n) is 8.32. The zero-order valence-electron chi connectivity index (χ0n) is 18.6. The van der Waals surface area contributed by atoms with Crippen LogP contribution in [0.4, 0.5) is 5.69 Å². The van der Waals surface area contributed by atoms with Gasteiger partial charge < -0.3 is 50.1 Å². The van der Waals surface area contributed by atoms with Crippen molar-refractivity contribution in [3.05, 3.63) is 53.5 Å². The molecule has 2 aliphatic rings. The average Bonchev–Trinajstić information content (AvgIpc) is 3.20. The summed E-state index contributed by atoms with van der Waals surface area (Å²) in [5.41, 5.74) is 1.11. The lowest BCUT2D eigenvalue weighted by Crippen LogP contribution is -2.60. The summed E-state index contributed by atoms with van der Waals surface area (Å²) in [6.07, 6.45) is -3.41. The Balaban J connectivity index is 1.61. The lowest BCUT2D eigenvalue weighted by Gasteiger charge is -2.39. The quantitative estimate of drug-likeness (QED) is 0.245. The summed E-state index contributed by atoms with van der Waals surface area (Å²) in [5, 5.41) is 68.8. The van der Waals surface area contributed by atoms with E-state index in [0.717, 1.165) is 0 Å². The van der Waals surface area contributed by atoms with Gasteiger partial charge in [0.05, 0.1) is 6.61 Å². The molecule has 0 aliphatic carbocycles. The zero-order chi connectivity index (χ0) is 26.1. The van der Waals surface area contributed by atoms with E-state index < -0.39 is 61.0 Å². The first-order valence-corrected chi connectivity index (χ1v) is 10.8. The van der Waals surface area contributed by atoms with E-state index in [2.05, 4.69) is 4.98 Å². The van der Waals surface area contributed by atoms with Crippen molar-refractivity contribution in [3.8, 4) is 11.5 Å². The summed E-state index contributed by atoms with van der Waals surface area (Å²) in [6, 6.07) is 4.45. The van der Waals surface area contributed by atoms with Crippen LogP contribution in [0.1, 0.15) is 21.6 Å². The number of hydrogen-bond donors (Lipinski definition) is 7. The Bertz CT molecular complexity index is 1180. The number of phenolic OH excluding ortho intramolecular Hbond substituents is 1. The number of aliphatic hydroxyl groups is 4. The number of carboxylic acids is 2. The molecule has 13 nitrogen and oxygen atoms in total. The third-order valence-electron chi connectivity index (χ3n) is 5.99. The fourth-order valence-electron chi connectivity index (χ4n) is 4.09. The molecule has 7 N–H and O–H groups in total. The summed E-state index contributed by atoms with van der Waals surface area (Å²) < 4.78 is 10.8. The van der Waals surface area contributed by atoms with Crippen LogP contribution < -0.4 is 9.64 Å². The third kappa shape index (κ3) is 4.82. The molecule has 0 amide bonds. The van der Waals surface area contributed by atoms with Crippen LogP contribution in [0.25, 0.3) is 6.08 Å². The number of carboxylic acid groups (broad SMARTS) is 2. The number of anilines is 1. The second-order valence-corrected chi connectivity index (χ2v) is 8.32. The molecule has 36 heavy (non-hydrogen) atoms. The number of aromatic nitrogens is 1. The van der Waals surface area contributed by atoms with Crippen LogP contribution in [0.15, 0.2) is 36.7 Å². The van der Waals surface area contributed by atoms with Gasteiger partial charge in [-0.25, -0.2) is 14.6 Å². The highest BCUT2D eigenvalue weighted by Gasteiger charge is 2.45. The Morgan fingerprint density at radius 3 is 2.56 bits per heavy atom. The highest BCUT2D eigenvalue weighted by atomic mass is 16.7. The number of aliphatic hydroxyl groups excluding tert-OH is 4. The minimum atomic E-state index is -1.70. The van der Waals surface area contributed by atoms with Crippen molar-refractivity contribution in [2.45, 2.75) is 43.2 Å². The van der Waals surface area contributed by atoms with E-state index in [1.165, 1.54) is 41.6 Å². The van der Waals surface area contributed by atoms with Crippen LogP contribution in [0.2, 0.25) is 0 Å². The van der Waals surface area contributed by atoms with Gasteiger partial charge in [-0.3, -0.25) is 0 Å². The van der Waals surface area contributed by atoms with Crippen molar-refractivity contribution >= 4 is 23.7 Å². The van der Waals surface area contributed by atoms with E-state index in [9.17, 15) is 40.2 Å². The van der Waals surface area contributed by atoms with Crippen molar-refractivity contribution < 1.29 is 54.8 Å². The van der Waals surface area contributed by atoms with Gasteiger partial charge in [-0.2, -0.15) is 0 Å². The van der Waals surface area contributed by atoms with Crippen molar-refractivity contribution in [1.82, 2.24) is 4.98 Å². The molecule has 3 heterocycles. The van der Waals surface area contributed by atoms with Crippen LogP contribution in [-0.4, -0.2) is 96.0 Å². The minimum absolute atomic E-state index is 0.0249. The van der Waals surface area contributed by atoms with Crippen LogP contribution >= 0.6 is 0 Å². The Morgan fingerprint density at radius 1 is 1.14 bits per heavy atom. The second kappa shape index (κ2) is 10.1. The molecule has 192 valence electrons. The predicted octanol–water partition coefficient (Wildman–Crippen LogP) is -0.849. The van der Waals surface area contributed by atoms with Crippen molar-refractivity contribution in [2.24, 2.45) is 0 Å². The molecule has 2 aromatic rings. The molecule has 0 unspecified atom stereocenters. The minimum Gasteiger partial charge on any atom is -0.504 e. The molecule has 2 aliphatic heterocycles. The zero-order valence-corrected chi connectivity index (χ0v) is 18.6. The van der Waals surface area contributed by atoms with E-state index >= 15 is 0 Å². The molecule has 1 aromatic heterocycles. The number of aromatic hydroxyl groups is 1.